The van der Waals surface area contributed by atoms with Crippen molar-refractivity contribution in [1.82, 2.24) is 4.98 Å². The predicted octanol–water partition coefficient (Wildman–Crippen LogP) is 2.74. The van der Waals surface area contributed by atoms with E-state index in [1.165, 1.54) is 0 Å². The van der Waals surface area contributed by atoms with Gasteiger partial charge in [-0.15, -0.1) is 0 Å². The second-order valence-corrected chi connectivity index (χ2v) is 4.14. The molecule has 21 heavy (non-hydrogen) atoms. The van der Waals surface area contributed by atoms with E-state index in [9.17, 15) is 4.79 Å². The third kappa shape index (κ3) is 3.37. The van der Waals surface area contributed by atoms with Crippen LogP contribution >= 0.6 is 0 Å². The Hall–Kier alpha value is -2.87. The van der Waals surface area contributed by atoms with Gasteiger partial charge >= 0.3 is 0 Å². The Kier molecular flexibility index (Phi) is 4.89. The second kappa shape index (κ2) is 7.06. The summed E-state index contributed by atoms with van der Waals surface area (Å²) in [5, 5.41) is 9.01. The number of benzene rings is 1. The molecule has 0 saturated carbocycles. The van der Waals surface area contributed by atoms with Crippen LogP contribution in [0.25, 0.3) is 0 Å². The quantitative estimate of drug-likeness (QED) is 0.762. The molecule has 0 N–H and O–H groups in total. The van der Waals surface area contributed by atoms with Gasteiger partial charge < -0.3 is 9.47 Å². The SMILES string of the molecule is CCOc1cccc(C=O)c1OCc1cccnc1C#N. The Morgan fingerprint density at radius 1 is 1.29 bits per heavy atom. The minimum Gasteiger partial charge on any atom is -0.490 e. The van der Waals surface area contributed by atoms with E-state index < -0.39 is 0 Å². The molecule has 5 heteroatoms. The molecule has 0 atom stereocenters. The van der Waals surface area contributed by atoms with Crippen LogP contribution in [0.5, 0.6) is 11.5 Å². The van der Waals surface area contributed by atoms with Gasteiger partial charge in [-0.25, -0.2) is 4.98 Å². The molecule has 0 aliphatic heterocycles. The molecule has 1 heterocycles. The molecule has 2 rings (SSSR count). The molecule has 0 fully saturated rings. The second-order valence-electron chi connectivity index (χ2n) is 4.14. The van der Waals surface area contributed by atoms with Crippen molar-refractivity contribution < 1.29 is 14.3 Å². The predicted molar refractivity (Wildman–Crippen MR) is 76.3 cm³/mol. The van der Waals surface area contributed by atoms with Crippen LogP contribution in [0, 0.1) is 11.3 Å². The van der Waals surface area contributed by atoms with Crippen molar-refractivity contribution in [2.45, 2.75) is 13.5 Å². The van der Waals surface area contributed by atoms with Gasteiger partial charge in [0.2, 0.25) is 0 Å². The van der Waals surface area contributed by atoms with Gasteiger partial charge in [-0.3, -0.25) is 4.79 Å². The normalized spacial score (nSPS) is 9.71. The number of aldehydes is 1. The van der Waals surface area contributed by atoms with Crippen LogP contribution in [0.3, 0.4) is 0 Å². The summed E-state index contributed by atoms with van der Waals surface area (Å²) in [6.45, 7) is 2.46. The molecule has 0 spiro atoms. The fourth-order valence-corrected chi connectivity index (χ4v) is 1.85. The molecule has 0 aliphatic rings. The Labute approximate surface area is 122 Å². The van der Waals surface area contributed by atoms with Crippen molar-refractivity contribution >= 4 is 6.29 Å². The zero-order valence-corrected chi connectivity index (χ0v) is 11.6. The van der Waals surface area contributed by atoms with Crippen LogP contribution in [0.4, 0.5) is 0 Å². The van der Waals surface area contributed by atoms with Gasteiger partial charge in [-0.05, 0) is 25.1 Å². The average Bonchev–Trinajstić information content (AvgIpc) is 2.54. The number of nitrogens with zero attached hydrogens (tertiary/aromatic N) is 2. The van der Waals surface area contributed by atoms with Crippen molar-refractivity contribution in [3.05, 3.63) is 53.3 Å². The van der Waals surface area contributed by atoms with E-state index in [0.29, 0.717) is 41.2 Å². The number of aromatic nitrogens is 1. The zero-order chi connectivity index (χ0) is 15.1. The first-order valence-electron chi connectivity index (χ1n) is 6.48. The summed E-state index contributed by atoms with van der Waals surface area (Å²) in [5.41, 5.74) is 1.37. The lowest BCUT2D eigenvalue weighted by Crippen LogP contribution is -2.04. The largest absolute Gasteiger partial charge is 0.490 e. The highest BCUT2D eigenvalue weighted by atomic mass is 16.5. The first-order valence-corrected chi connectivity index (χ1v) is 6.48. The zero-order valence-electron chi connectivity index (χ0n) is 11.6. The summed E-state index contributed by atoms with van der Waals surface area (Å²) in [5.74, 6) is 0.881. The van der Waals surface area contributed by atoms with Crippen LogP contribution in [-0.4, -0.2) is 17.9 Å². The van der Waals surface area contributed by atoms with E-state index >= 15 is 0 Å². The topological polar surface area (TPSA) is 72.2 Å². The molecular formula is C16H14N2O3. The maximum absolute atomic E-state index is 11.1. The maximum Gasteiger partial charge on any atom is 0.172 e. The lowest BCUT2D eigenvalue weighted by molar-refractivity contribution is 0.111. The Morgan fingerprint density at radius 3 is 2.86 bits per heavy atom. The number of ether oxygens (including phenoxy) is 2. The number of nitriles is 1. The minimum atomic E-state index is 0.141. The molecule has 0 saturated heterocycles. The molecule has 5 nitrogen and oxygen atoms in total. The van der Waals surface area contributed by atoms with Gasteiger partial charge in [0, 0.05) is 11.8 Å². The van der Waals surface area contributed by atoms with Crippen LogP contribution in [0.15, 0.2) is 36.5 Å². The molecule has 0 amide bonds. The molecule has 1 aromatic carbocycles. The molecule has 0 radical (unpaired) electrons. The van der Waals surface area contributed by atoms with Gasteiger partial charge in [-0.2, -0.15) is 5.26 Å². The highest BCUT2D eigenvalue weighted by Gasteiger charge is 2.12. The van der Waals surface area contributed by atoms with Crippen molar-refractivity contribution in [3.63, 3.8) is 0 Å². The third-order valence-corrected chi connectivity index (χ3v) is 2.81. The third-order valence-electron chi connectivity index (χ3n) is 2.81. The van der Waals surface area contributed by atoms with Crippen molar-refractivity contribution in [1.29, 1.82) is 5.26 Å². The molecule has 0 bridgehead atoms. The first kappa shape index (κ1) is 14.5. The fourth-order valence-electron chi connectivity index (χ4n) is 1.85. The summed E-state index contributed by atoms with van der Waals surface area (Å²) in [7, 11) is 0. The number of carbonyl (C=O) groups is 1. The Balaban J connectivity index is 2.27. The van der Waals surface area contributed by atoms with Crippen molar-refractivity contribution in [3.8, 4) is 17.6 Å². The maximum atomic E-state index is 11.1. The summed E-state index contributed by atoms with van der Waals surface area (Å²) in [6.07, 6.45) is 2.26. The lowest BCUT2D eigenvalue weighted by Gasteiger charge is -2.13. The Morgan fingerprint density at radius 2 is 2.14 bits per heavy atom. The summed E-state index contributed by atoms with van der Waals surface area (Å²) < 4.78 is 11.2. The monoisotopic (exact) mass is 282 g/mol. The van der Waals surface area contributed by atoms with E-state index in [0.717, 1.165) is 0 Å². The number of hydrogen-bond donors (Lipinski definition) is 0. The van der Waals surface area contributed by atoms with E-state index in [-0.39, 0.29) is 6.61 Å². The van der Waals surface area contributed by atoms with Crippen molar-refractivity contribution in [2.24, 2.45) is 0 Å². The molecule has 1 aromatic heterocycles. The summed E-state index contributed by atoms with van der Waals surface area (Å²) in [4.78, 5) is 15.1. The minimum absolute atomic E-state index is 0.141. The highest BCUT2D eigenvalue weighted by molar-refractivity contribution is 5.81. The van der Waals surface area contributed by atoms with Gasteiger partial charge in [0.05, 0.1) is 12.2 Å². The standard InChI is InChI=1S/C16H14N2O3/c1-2-20-15-7-3-5-12(10-19)16(15)21-11-13-6-4-8-18-14(13)9-17/h3-8,10H,2,11H2,1H3. The van der Waals surface area contributed by atoms with Crippen LogP contribution in [0.1, 0.15) is 28.5 Å². The van der Waals surface area contributed by atoms with Crippen molar-refractivity contribution in [2.75, 3.05) is 6.61 Å². The number of hydrogen-bond acceptors (Lipinski definition) is 5. The number of carbonyl (C=O) groups excluding carboxylic acids is 1. The Bertz CT molecular complexity index is 677. The van der Waals surface area contributed by atoms with Gasteiger partial charge in [0.25, 0.3) is 0 Å². The van der Waals surface area contributed by atoms with Gasteiger partial charge in [0.15, 0.2) is 17.8 Å². The molecule has 2 aromatic rings. The van der Waals surface area contributed by atoms with E-state index in [2.05, 4.69) is 4.98 Å². The van der Waals surface area contributed by atoms with Crippen LogP contribution < -0.4 is 9.47 Å². The molecular weight excluding hydrogens is 268 g/mol. The fraction of sp³-hybridized carbons (Fsp3) is 0.188. The number of pyridine rings is 1. The number of rotatable bonds is 6. The number of para-hydroxylation sites is 1. The van der Waals surface area contributed by atoms with Crippen LogP contribution in [0.2, 0.25) is 0 Å². The molecule has 0 unspecified atom stereocenters. The average molecular weight is 282 g/mol. The summed E-state index contributed by atoms with van der Waals surface area (Å²) >= 11 is 0. The smallest absolute Gasteiger partial charge is 0.172 e. The first-order chi connectivity index (χ1) is 10.3. The van der Waals surface area contributed by atoms with Gasteiger partial charge in [-0.1, -0.05) is 12.1 Å². The lowest BCUT2D eigenvalue weighted by atomic mass is 10.2. The van der Waals surface area contributed by atoms with E-state index in [1.807, 2.05) is 13.0 Å². The van der Waals surface area contributed by atoms with E-state index in [4.69, 9.17) is 14.7 Å². The summed E-state index contributed by atoms with van der Waals surface area (Å²) in [6, 6.07) is 10.6. The van der Waals surface area contributed by atoms with E-state index in [1.54, 1.807) is 36.5 Å². The highest BCUT2D eigenvalue weighted by Crippen LogP contribution is 2.31. The van der Waals surface area contributed by atoms with Gasteiger partial charge in [0.1, 0.15) is 18.4 Å². The molecule has 0 aliphatic carbocycles. The molecule has 106 valence electrons. The van der Waals surface area contributed by atoms with Crippen LogP contribution in [-0.2, 0) is 6.61 Å².